The molecule has 0 saturated carbocycles. The minimum Gasteiger partial charge on any atom is -0.299 e. The van der Waals surface area contributed by atoms with Crippen LogP contribution < -0.4 is 0 Å². The van der Waals surface area contributed by atoms with Crippen molar-refractivity contribution in [2.75, 3.05) is 0 Å². The van der Waals surface area contributed by atoms with Crippen LogP contribution in [0.2, 0.25) is 0 Å². The van der Waals surface area contributed by atoms with Crippen molar-refractivity contribution in [2.45, 2.75) is 38.8 Å². The molecule has 0 heterocycles. The number of carbonyl (C=O) groups is 2. The Hall–Kier alpha value is -0.870. The Kier molecular flexibility index (Phi) is 4.66. The molecule has 0 saturated heterocycles. The maximum absolute atomic E-state index is 11.6. The number of alkyl halides is 3. The minimum absolute atomic E-state index is 0.0539. The van der Waals surface area contributed by atoms with Crippen molar-refractivity contribution in [3.63, 3.8) is 0 Å². The summed E-state index contributed by atoms with van der Waals surface area (Å²) in [5, 5.41) is 0. The fourth-order valence-corrected chi connectivity index (χ4v) is 0.742. The summed E-state index contributed by atoms with van der Waals surface area (Å²) in [6.07, 6.45) is -4.57. The van der Waals surface area contributed by atoms with Crippen molar-refractivity contribution >= 4 is 11.6 Å². The van der Waals surface area contributed by atoms with Gasteiger partial charge in [0.05, 0.1) is 6.42 Å². The SMILES string of the molecule is CCCCC(=O)CC(=O)C(F)(F)F. The first-order valence-electron chi connectivity index (χ1n) is 3.99. The van der Waals surface area contributed by atoms with Gasteiger partial charge in [0.2, 0.25) is 5.78 Å². The molecular formula is C8H11F3O2. The number of halogens is 3. The molecule has 2 nitrogen and oxygen atoms in total. The van der Waals surface area contributed by atoms with E-state index in [2.05, 4.69) is 0 Å². The second-order valence-electron chi connectivity index (χ2n) is 2.74. The highest BCUT2D eigenvalue weighted by Crippen LogP contribution is 2.18. The van der Waals surface area contributed by atoms with Gasteiger partial charge >= 0.3 is 6.18 Å². The molecule has 0 aliphatic rings. The molecule has 13 heavy (non-hydrogen) atoms. The van der Waals surface area contributed by atoms with Crippen LogP contribution in [0.3, 0.4) is 0 Å². The Labute approximate surface area is 74.1 Å². The first-order chi connectivity index (χ1) is 5.88. The summed E-state index contributed by atoms with van der Waals surface area (Å²) < 4.78 is 34.9. The predicted octanol–water partition coefficient (Wildman–Crippen LogP) is 2.27. The Morgan fingerprint density at radius 2 is 1.77 bits per heavy atom. The highest BCUT2D eigenvalue weighted by Gasteiger charge is 2.38. The maximum Gasteiger partial charge on any atom is 0.450 e. The van der Waals surface area contributed by atoms with E-state index in [0.29, 0.717) is 6.42 Å². The second kappa shape index (κ2) is 4.99. The number of hydrogen-bond acceptors (Lipinski definition) is 2. The van der Waals surface area contributed by atoms with Crippen LogP contribution in [0.15, 0.2) is 0 Å². The molecule has 76 valence electrons. The van der Waals surface area contributed by atoms with E-state index < -0.39 is 24.2 Å². The van der Waals surface area contributed by atoms with Crippen molar-refractivity contribution in [1.82, 2.24) is 0 Å². The van der Waals surface area contributed by atoms with E-state index in [1.165, 1.54) is 0 Å². The summed E-state index contributed by atoms with van der Waals surface area (Å²) in [5.74, 6) is -2.59. The number of Topliss-reactive ketones (excluding diaryl/α,β-unsaturated/α-hetero) is 2. The van der Waals surface area contributed by atoms with Gasteiger partial charge in [-0.3, -0.25) is 9.59 Å². The lowest BCUT2D eigenvalue weighted by molar-refractivity contribution is -0.171. The van der Waals surface area contributed by atoms with Gasteiger partial charge in [-0.25, -0.2) is 0 Å². The predicted molar refractivity (Wildman–Crippen MR) is 40.2 cm³/mol. The molecule has 0 aromatic carbocycles. The quantitative estimate of drug-likeness (QED) is 0.632. The molecule has 0 radical (unpaired) electrons. The third-order valence-corrected chi connectivity index (χ3v) is 1.48. The van der Waals surface area contributed by atoms with Crippen LogP contribution in [0.25, 0.3) is 0 Å². The lowest BCUT2D eigenvalue weighted by Gasteiger charge is -2.03. The van der Waals surface area contributed by atoms with Crippen molar-refractivity contribution in [3.8, 4) is 0 Å². The Morgan fingerprint density at radius 1 is 1.23 bits per heavy atom. The number of unbranched alkanes of at least 4 members (excludes halogenated alkanes) is 1. The van der Waals surface area contributed by atoms with Crippen molar-refractivity contribution in [1.29, 1.82) is 0 Å². The third kappa shape index (κ3) is 5.38. The Balaban J connectivity index is 3.86. The topological polar surface area (TPSA) is 34.1 Å². The summed E-state index contributed by atoms with van der Waals surface area (Å²) in [6.45, 7) is 1.82. The average molecular weight is 196 g/mol. The molecule has 0 fully saturated rings. The zero-order valence-corrected chi connectivity index (χ0v) is 7.28. The van der Waals surface area contributed by atoms with Gasteiger partial charge in [0.25, 0.3) is 0 Å². The molecule has 0 spiro atoms. The molecule has 0 aliphatic heterocycles. The molecule has 0 unspecified atom stereocenters. The summed E-state index contributed by atoms with van der Waals surface area (Å²) in [7, 11) is 0. The smallest absolute Gasteiger partial charge is 0.299 e. The molecule has 0 rings (SSSR count). The summed E-state index contributed by atoms with van der Waals surface area (Å²) in [4.78, 5) is 21.0. The lowest BCUT2D eigenvalue weighted by atomic mass is 10.1. The number of ketones is 2. The van der Waals surface area contributed by atoms with Crippen LogP contribution >= 0.6 is 0 Å². The fraction of sp³-hybridized carbons (Fsp3) is 0.750. The van der Waals surface area contributed by atoms with Gasteiger partial charge in [0.1, 0.15) is 5.78 Å². The van der Waals surface area contributed by atoms with Crippen LogP contribution in [0.4, 0.5) is 13.2 Å². The molecule has 0 aromatic heterocycles. The summed E-state index contributed by atoms with van der Waals surface area (Å²) >= 11 is 0. The molecule has 0 amide bonds. The fourth-order valence-electron chi connectivity index (χ4n) is 0.742. The maximum atomic E-state index is 11.6. The van der Waals surface area contributed by atoms with Crippen molar-refractivity contribution < 1.29 is 22.8 Å². The second-order valence-corrected chi connectivity index (χ2v) is 2.74. The number of rotatable bonds is 5. The molecule has 0 bridgehead atoms. The average Bonchev–Trinajstić information content (AvgIpc) is 1.99. The van der Waals surface area contributed by atoms with Crippen LogP contribution in [-0.2, 0) is 9.59 Å². The molecule has 0 aliphatic carbocycles. The van der Waals surface area contributed by atoms with Gasteiger partial charge in [-0.2, -0.15) is 13.2 Å². The third-order valence-electron chi connectivity index (χ3n) is 1.48. The minimum atomic E-state index is -4.87. The van der Waals surface area contributed by atoms with E-state index in [0.717, 1.165) is 6.42 Å². The van der Waals surface area contributed by atoms with E-state index in [-0.39, 0.29) is 6.42 Å². The van der Waals surface area contributed by atoms with Gasteiger partial charge in [0.15, 0.2) is 0 Å². The molecule has 0 aromatic rings. The highest BCUT2D eigenvalue weighted by molar-refractivity contribution is 6.01. The number of carbonyl (C=O) groups excluding carboxylic acids is 2. The Bertz CT molecular complexity index is 196. The van der Waals surface area contributed by atoms with E-state index in [1.807, 2.05) is 6.92 Å². The highest BCUT2D eigenvalue weighted by atomic mass is 19.4. The standard InChI is InChI=1S/C8H11F3O2/c1-2-3-4-6(12)5-7(13)8(9,10)11/h2-5H2,1H3. The molecular weight excluding hydrogens is 185 g/mol. The molecule has 0 atom stereocenters. The van der Waals surface area contributed by atoms with Crippen molar-refractivity contribution in [2.24, 2.45) is 0 Å². The monoisotopic (exact) mass is 196 g/mol. The van der Waals surface area contributed by atoms with E-state index in [9.17, 15) is 22.8 Å². The van der Waals surface area contributed by atoms with Crippen LogP contribution in [-0.4, -0.2) is 17.7 Å². The summed E-state index contributed by atoms with van der Waals surface area (Å²) in [5.41, 5.74) is 0. The van der Waals surface area contributed by atoms with E-state index in [4.69, 9.17) is 0 Å². The van der Waals surface area contributed by atoms with Gasteiger partial charge in [-0.15, -0.1) is 0 Å². The molecule has 0 N–H and O–H groups in total. The molecule has 5 heteroatoms. The van der Waals surface area contributed by atoms with Crippen molar-refractivity contribution in [3.05, 3.63) is 0 Å². The van der Waals surface area contributed by atoms with Crippen LogP contribution in [0.1, 0.15) is 32.6 Å². The van der Waals surface area contributed by atoms with Gasteiger partial charge in [-0.1, -0.05) is 13.3 Å². The Morgan fingerprint density at radius 3 is 2.15 bits per heavy atom. The summed E-state index contributed by atoms with van der Waals surface area (Å²) in [6, 6.07) is 0. The zero-order valence-electron chi connectivity index (χ0n) is 7.28. The first kappa shape index (κ1) is 12.1. The number of hydrogen-bond donors (Lipinski definition) is 0. The largest absolute Gasteiger partial charge is 0.450 e. The normalized spacial score (nSPS) is 11.4. The van der Waals surface area contributed by atoms with Crippen LogP contribution in [0.5, 0.6) is 0 Å². The van der Waals surface area contributed by atoms with Gasteiger partial charge < -0.3 is 0 Å². The van der Waals surface area contributed by atoms with E-state index in [1.54, 1.807) is 0 Å². The lowest BCUT2D eigenvalue weighted by Crippen LogP contribution is -2.25. The first-order valence-corrected chi connectivity index (χ1v) is 3.99. The zero-order chi connectivity index (χ0) is 10.5. The van der Waals surface area contributed by atoms with E-state index >= 15 is 0 Å². The van der Waals surface area contributed by atoms with Gasteiger partial charge in [0, 0.05) is 6.42 Å². The van der Waals surface area contributed by atoms with Gasteiger partial charge in [-0.05, 0) is 6.42 Å². The van der Waals surface area contributed by atoms with Crippen LogP contribution in [0, 0.1) is 0 Å².